The van der Waals surface area contributed by atoms with Crippen molar-refractivity contribution in [3.63, 3.8) is 0 Å². The summed E-state index contributed by atoms with van der Waals surface area (Å²) in [4.78, 5) is 26.0. The van der Waals surface area contributed by atoms with Gasteiger partial charge in [0.15, 0.2) is 0 Å². The van der Waals surface area contributed by atoms with Crippen LogP contribution in [-0.4, -0.2) is 41.4 Å². The van der Waals surface area contributed by atoms with Crippen LogP contribution in [0.1, 0.15) is 12.8 Å². The van der Waals surface area contributed by atoms with Crippen LogP contribution >= 0.6 is 0 Å². The average Bonchev–Trinajstić information content (AvgIpc) is 2.79. The molecule has 2 N–H and O–H groups in total. The number of anilines is 2. The van der Waals surface area contributed by atoms with E-state index < -0.39 is 4.92 Å². The van der Waals surface area contributed by atoms with E-state index in [1.807, 2.05) is 4.90 Å². The van der Waals surface area contributed by atoms with E-state index in [0.717, 1.165) is 25.2 Å². The fourth-order valence-corrected chi connectivity index (χ4v) is 3.00. The van der Waals surface area contributed by atoms with E-state index in [1.54, 1.807) is 12.1 Å². The second-order valence-electron chi connectivity index (χ2n) is 5.23. The van der Waals surface area contributed by atoms with Crippen molar-refractivity contribution in [2.75, 3.05) is 30.3 Å². The Kier molecular flexibility index (Phi) is 2.96. The van der Waals surface area contributed by atoms with Gasteiger partial charge in [0.25, 0.3) is 5.69 Å². The van der Waals surface area contributed by atoms with Gasteiger partial charge >= 0.3 is 0 Å². The number of carbonyl (C=O) groups is 1. The van der Waals surface area contributed by atoms with Crippen LogP contribution in [-0.2, 0) is 4.79 Å². The molecule has 0 aliphatic carbocycles. The predicted octanol–water partition coefficient (Wildman–Crippen LogP) is 0.988. The van der Waals surface area contributed by atoms with Crippen molar-refractivity contribution in [1.82, 2.24) is 4.90 Å². The van der Waals surface area contributed by atoms with Crippen molar-refractivity contribution in [3.8, 4) is 0 Å². The van der Waals surface area contributed by atoms with E-state index >= 15 is 0 Å². The number of fused-ring (bicyclic) bond motifs is 1. The van der Waals surface area contributed by atoms with E-state index in [-0.39, 0.29) is 23.3 Å². The number of hydrogen-bond acceptors (Lipinski definition) is 5. The van der Waals surface area contributed by atoms with Gasteiger partial charge in [-0.15, -0.1) is 0 Å². The van der Waals surface area contributed by atoms with Crippen molar-refractivity contribution in [2.45, 2.75) is 18.9 Å². The van der Waals surface area contributed by atoms with Gasteiger partial charge < -0.3 is 15.5 Å². The largest absolute Gasteiger partial charge is 0.393 e. The van der Waals surface area contributed by atoms with Gasteiger partial charge in [-0.1, -0.05) is 0 Å². The quantitative estimate of drug-likeness (QED) is 0.494. The Labute approximate surface area is 116 Å². The first kappa shape index (κ1) is 12.7. The number of nitro groups is 1. The Balaban J connectivity index is 1.79. The summed E-state index contributed by atoms with van der Waals surface area (Å²) in [5, 5.41) is 10.8. The van der Waals surface area contributed by atoms with Crippen LogP contribution in [0.15, 0.2) is 18.2 Å². The molecule has 106 valence electrons. The van der Waals surface area contributed by atoms with Gasteiger partial charge in [0, 0.05) is 43.9 Å². The fourth-order valence-electron chi connectivity index (χ4n) is 3.00. The molecule has 7 nitrogen and oxygen atoms in total. The molecule has 2 aliphatic heterocycles. The first-order valence-corrected chi connectivity index (χ1v) is 6.64. The molecule has 2 aliphatic rings. The summed E-state index contributed by atoms with van der Waals surface area (Å²) in [6, 6.07) is 5.06. The maximum atomic E-state index is 11.6. The summed E-state index contributed by atoms with van der Waals surface area (Å²) in [7, 11) is 0. The van der Waals surface area contributed by atoms with Gasteiger partial charge in [-0.3, -0.25) is 14.9 Å². The normalized spacial score (nSPS) is 22.0. The molecule has 0 aromatic heterocycles. The average molecular weight is 276 g/mol. The molecule has 2 saturated heterocycles. The molecular weight excluding hydrogens is 260 g/mol. The van der Waals surface area contributed by atoms with E-state index in [2.05, 4.69) is 4.90 Å². The number of rotatable bonds is 2. The zero-order chi connectivity index (χ0) is 14.3. The lowest BCUT2D eigenvalue weighted by molar-refractivity contribution is -0.383. The minimum atomic E-state index is -0.479. The zero-order valence-corrected chi connectivity index (χ0v) is 11.0. The molecule has 1 amide bonds. The van der Waals surface area contributed by atoms with Gasteiger partial charge in [0.2, 0.25) is 5.91 Å². The Bertz CT molecular complexity index is 575. The number of nitrogen functional groups attached to an aromatic ring is 1. The number of nitrogens with zero attached hydrogens (tertiary/aromatic N) is 3. The number of hydrogen-bond donors (Lipinski definition) is 1. The lowest BCUT2D eigenvalue weighted by atomic mass is 10.1. The molecule has 7 heteroatoms. The Morgan fingerprint density at radius 3 is 2.85 bits per heavy atom. The number of benzene rings is 1. The number of nitrogens with two attached hydrogens (primary N) is 1. The third-order valence-electron chi connectivity index (χ3n) is 4.07. The number of nitro benzene ring substituents is 1. The van der Waals surface area contributed by atoms with E-state index in [4.69, 9.17) is 5.73 Å². The number of carbonyl (C=O) groups excluding carboxylic acids is 1. The predicted molar refractivity (Wildman–Crippen MR) is 74.5 cm³/mol. The third-order valence-corrected chi connectivity index (χ3v) is 4.07. The number of piperazine rings is 1. The summed E-state index contributed by atoms with van der Waals surface area (Å²) >= 11 is 0. The smallest absolute Gasteiger partial charge is 0.292 e. The van der Waals surface area contributed by atoms with Crippen molar-refractivity contribution < 1.29 is 9.72 Å². The molecular formula is C13H16N4O3. The molecule has 20 heavy (non-hydrogen) atoms. The van der Waals surface area contributed by atoms with Crippen LogP contribution in [0.2, 0.25) is 0 Å². The standard InChI is InChI=1S/C13H16N4O3/c14-11-7-9(1-3-12(11)17(19)20)15-5-6-16-10(8-15)2-4-13(16)18/h1,3,7,10H,2,4-6,8,14H2. The Hall–Kier alpha value is -2.31. The molecule has 1 aromatic rings. The maximum Gasteiger partial charge on any atom is 0.292 e. The van der Waals surface area contributed by atoms with E-state index in [0.29, 0.717) is 13.0 Å². The lowest BCUT2D eigenvalue weighted by Crippen LogP contribution is -2.51. The molecule has 1 atom stereocenters. The van der Waals surface area contributed by atoms with Gasteiger partial charge in [-0.2, -0.15) is 0 Å². The molecule has 0 radical (unpaired) electrons. The lowest BCUT2D eigenvalue weighted by Gasteiger charge is -2.38. The van der Waals surface area contributed by atoms with Crippen LogP contribution in [0.3, 0.4) is 0 Å². The second-order valence-corrected chi connectivity index (χ2v) is 5.23. The fraction of sp³-hybridized carbons (Fsp3) is 0.462. The molecule has 2 heterocycles. The molecule has 0 spiro atoms. The van der Waals surface area contributed by atoms with Gasteiger partial charge in [-0.05, 0) is 18.6 Å². The molecule has 0 saturated carbocycles. The Morgan fingerprint density at radius 2 is 2.15 bits per heavy atom. The van der Waals surface area contributed by atoms with Crippen LogP contribution in [0.5, 0.6) is 0 Å². The highest BCUT2D eigenvalue weighted by Crippen LogP contribution is 2.30. The van der Waals surface area contributed by atoms with Gasteiger partial charge in [0.05, 0.1) is 4.92 Å². The van der Waals surface area contributed by atoms with Crippen molar-refractivity contribution in [1.29, 1.82) is 0 Å². The van der Waals surface area contributed by atoms with Crippen molar-refractivity contribution in [3.05, 3.63) is 28.3 Å². The van der Waals surface area contributed by atoms with Crippen molar-refractivity contribution in [2.24, 2.45) is 0 Å². The summed E-state index contributed by atoms with van der Waals surface area (Å²) in [5.74, 6) is 0.234. The van der Waals surface area contributed by atoms with Crippen LogP contribution in [0.4, 0.5) is 17.1 Å². The molecule has 0 bridgehead atoms. The summed E-state index contributed by atoms with van der Waals surface area (Å²) in [5.41, 5.74) is 6.72. The van der Waals surface area contributed by atoms with Crippen LogP contribution < -0.4 is 10.6 Å². The highest BCUT2D eigenvalue weighted by molar-refractivity contribution is 5.79. The van der Waals surface area contributed by atoms with Gasteiger partial charge in [0.1, 0.15) is 5.69 Å². The first-order chi connectivity index (χ1) is 9.56. The molecule has 3 rings (SSSR count). The Morgan fingerprint density at radius 1 is 1.35 bits per heavy atom. The highest BCUT2D eigenvalue weighted by atomic mass is 16.6. The van der Waals surface area contributed by atoms with Gasteiger partial charge in [-0.25, -0.2) is 0 Å². The third kappa shape index (κ3) is 2.04. The van der Waals surface area contributed by atoms with E-state index in [9.17, 15) is 14.9 Å². The number of amides is 1. The van der Waals surface area contributed by atoms with E-state index in [1.165, 1.54) is 6.07 Å². The topological polar surface area (TPSA) is 92.7 Å². The SMILES string of the molecule is Nc1cc(N2CCN3C(=O)CCC3C2)ccc1[N+](=O)[O-]. The molecule has 2 fully saturated rings. The highest BCUT2D eigenvalue weighted by Gasteiger charge is 2.35. The van der Waals surface area contributed by atoms with Crippen LogP contribution in [0, 0.1) is 10.1 Å². The first-order valence-electron chi connectivity index (χ1n) is 6.64. The van der Waals surface area contributed by atoms with Crippen LogP contribution in [0.25, 0.3) is 0 Å². The minimum absolute atomic E-state index is 0.0663. The zero-order valence-electron chi connectivity index (χ0n) is 11.0. The summed E-state index contributed by atoms with van der Waals surface area (Å²) in [6.07, 6.45) is 1.51. The minimum Gasteiger partial charge on any atom is -0.393 e. The monoisotopic (exact) mass is 276 g/mol. The molecule has 1 unspecified atom stereocenters. The summed E-state index contributed by atoms with van der Waals surface area (Å²) < 4.78 is 0. The second kappa shape index (κ2) is 4.66. The van der Waals surface area contributed by atoms with Crippen molar-refractivity contribution >= 4 is 23.0 Å². The summed E-state index contributed by atoms with van der Waals surface area (Å²) in [6.45, 7) is 2.21. The maximum absolute atomic E-state index is 11.6. The molecule has 1 aromatic carbocycles.